The van der Waals surface area contributed by atoms with Crippen LogP contribution >= 0.6 is 23.4 Å². The predicted molar refractivity (Wildman–Crippen MR) is 127 cm³/mol. The minimum Gasteiger partial charge on any atom is -0.350 e. The molecule has 0 saturated carbocycles. The number of amides is 3. The van der Waals surface area contributed by atoms with Gasteiger partial charge in [0.05, 0.1) is 27.3 Å². The van der Waals surface area contributed by atoms with E-state index in [4.69, 9.17) is 11.6 Å². The van der Waals surface area contributed by atoms with Crippen molar-refractivity contribution in [2.75, 3.05) is 13.1 Å². The van der Waals surface area contributed by atoms with Gasteiger partial charge in [0.2, 0.25) is 0 Å². The molecule has 12 heteroatoms. The summed E-state index contributed by atoms with van der Waals surface area (Å²) in [7, 11) is 0. The number of benzene rings is 2. The van der Waals surface area contributed by atoms with Gasteiger partial charge in [-0.05, 0) is 47.7 Å². The van der Waals surface area contributed by atoms with Crippen LogP contribution in [0.15, 0.2) is 65.8 Å². The molecule has 0 bridgehead atoms. The fourth-order valence-electron chi connectivity index (χ4n) is 3.09. The van der Waals surface area contributed by atoms with E-state index in [1.54, 1.807) is 30.3 Å². The third-order valence-electron chi connectivity index (χ3n) is 4.83. The van der Waals surface area contributed by atoms with Gasteiger partial charge in [-0.1, -0.05) is 23.7 Å². The van der Waals surface area contributed by atoms with Crippen molar-refractivity contribution in [3.63, 3.8) is 0 Å². The molecule has 10 nitrogen and oxygen atoms in total. The van der Waals surface area contributed by atoms with Crippen molar-refractivity contribution in [2.45, 2.75) is 0 Å². The molecule has 0 unspecified atom stereocenters. The summed E-state index contributed by atoms with van der Waals surface area (Å²) in [6.45, 7) is 0.0820. The van der Waals surface area contributed by atoms with E-state index in [1.807, 2.05) is 0 Å². The van der Waals surface area contributed by atoms with E-state index in [0.29, 0.717) is 15.6 Å². The zero-order chi connectivity index (χ0) is 24.2. The number of nitro benzene ring substituents is 1. The van der Waals surface area contributed by atoms with Crippen LogP contribution in [0.25, 0.3) is 11.8 Å². The molecule has 1 N–H and O–H groups in total. The van der Waals surface area contributed by atoms with Crippen molar-refractivity contribution in [1.82, 2.24) is 20.0 Å². The highest BCUT2D eigenvalue weighted by Gasteiger charge is 2.34. The molecule has 1 aliphatic rings. The standard InChI is InChI=1S/C22H16ClN5O5S/c23-16-3-1-14(2-4-16)11-19-21(30)26(22(31)34-19)10-9-24-20(29)15-12-25-27(13-15)17-5-7-18(8-6-17)28(32)33/h1-8,11-13H,9-10H2,(H,24,29)/b19-11+. The normalized spacial score (nSPS) is 14.6. The summed E-state index contributed by atoms with van der Waals surface area (Å²) in [4.78, 5) is 48.9. The Hall–Kier alpha value is -3.96. The number of carbonyl (C=O) groups excluding carboxylic acids is 3. The van der Waals surface area contributed by atoms with Crippen molar-refractivity contribution >= 4 is 52.2 Å². The number of nitrogens with one attached hydrogen (secondary N) is 1. The average molecular weight is 498 g/mol. The number of aromatic nitrogens is 2. The summed E-state index contributed by atoms with van der Waals surface area (Å²) in [5.41, 5.74) is 1.50. The number of hydrogen-bond acceptors (Lipinski definition) is 7. The Bertz CT molecular complexity index is 1300. The van der Waals surface area contributed by atoms with Gasteiger partial charge < -0.3 is 5.32 Å². The molecule has 1 fully saturated rings. The molecular formula is C22H16ClN5O5S. The van der Waals surface area contributed by atoms with Gasteiger partial charge in [-0.3, -0.25) is 29.4 Å². The summed E-state index contributed by atoms with van der Waals surface area (Å²) in [5.74, 6) is -0.859. The molecule has 2 heterocycles. The van der Waals surface area contributed by atoms with Crippen LogP contribution < -0.4 is 5.32 Å². The Kier molecular flexibility index (Phi) is 6.75. The lowest BCUT2D eigenvalue weighted by molar-refractivity contribution is -0.384. The Balaban J connectivity index is 1.33. The van der Waals surface area contributed by atoms with E-state index in [0.717, 1.165) is 22.2 Å². The minimum absolute atomic E-state index is 0.0187. The fourth-order valence-corrected chi connectivity index (χ4v) is 4.09. The Labute approximate surface area is 202 Å². The van der Waals surface area contributed by atoms with E-state index in [2.05, 4.69) is 10.4 Å². The van der Waals surface area contributed by atoms with E-state index in [9.17, 15) is 24.5 Å². The van der Waals surface area contributed by atoms with Gasteiger partial charge in [0.15, 0.2) is 0 Å². The van der Waals surface area contributed by atoms with Gasteiger partial charge in [0.25, 0.3) is 22.7 Å². The van der Waals surface area contributed by atoms with E-state index >= 15 is 0 Å². The summed E-state index contributed by atoms with van der Waals surface area (Å²) >= 11 is 6.70. The number of carbonyl (C=O) groups is 3. The molecule has 0 aliphatic carbocycles. The predicted octanol–water partition coefficient (Wildman–Crippen LogP) is 3.90. The van der Waals surface area contributed by atoms with Crippen LogP contribution in [0.4, 0.5) is 10.5 Å². The van der Waals surface area contributed by atoms with Crippen molar-refractivity contribution in [3.8, 4) is 5.69 Å². The van der Waals surface area contributed by atoms with Crippen LogP contribution in [0.2, 0.25) is 5.02 Å². The smallest absolute Gasteiger partial charge is 0.293 e. The van der Waals surface area contributed by atoms with E-state index in [1.165, 1.54) is 41.3 Å². The monoisotopic (exact) mass is 497 g/mol. The quantitative estimate of drug-likeness (QED) is 0.298. The SMILES string of the molecule is O=C(NCCN1C(=O)S/C(=C/c2ccc(Cl)cc2)C1=O)c1cnn(-c2ccc([N+](=O)[O-])cc2)c1. The molecule has 172 valence electrons. The number of nitrogens with zero attached hydrogens (tertiary/aromatic N) is 4. The number of halogens is 1. The van der Waals surface area contributed by atoms with Crippen molar-refractivity contribution in [3.05, 3.63) is 92.1 Å². The molecule has 1 aromatic heterocycles. The molecule has 2 aromatic carbocycles. The molecule has 1 saturated heterocycles. The zero-order valence-corrected chi connectivity index (χ0v) is 19.0. The first-order chi connectivity index (χ1) is 16.3. The molecule has 0 spiro atoms. The van der Waals surface area contributed by atoms with Crippen LogP contribution in [-0.4, -0.2) is 49.7 Å². The number of hydrogen-bond donors (Lipinski definition) is 1. The Morgan fingerprint density at radius 3 is 2.53 bits per heavy atom. The van der Waals surface area contributed by atoms with Crippen molar-refractivity contribution in [2.24, 2.45) is 0 Å². The number of nitro groups is 1. The lowest BCUT2D eigenvalue weighted by Gasteiger charge is -2.12. The minimum atomic E-state index is -0.503. The van der Waals surface area contributed by atoms with Gasteiger partial charge in [-0.25, -0.2) is 4.68 Å². The van der Waals surface area contributed by atoms with Crippen molar-refractivity contribution in [1.29, 1.82) is 0 Å². The average Bonchev–Trinajstić information content (AvgIpc) is 3.41. The topological polar surface area (TPSA) is 127 Å². The second kappa shape index (κ2) is 9.89. The molecule has 0 radical (unpaired) electrons. The highest BCUT2D eigenvalue weighted by atomic mass is 35.5. The molecular weight excluding hydrogens is 482 g/mol. The first-order valence-corrected chi connectivity index (χ1v) is 11.1. The third kappa shape index (κ3) is 5.16. The number of non-ortho nitro benzene ring substituents is 1. The number of rotatable bonds is 7. The summed E-state index contributed by atoms with van der Waals surface area (Å²) in [6, 6.07) is 12.6. The molecule has 0 atom stereocenters. The van der Waals surface area contributed by atoms with Gasteiger partial charge in [0.1, 0.15) is 0 Å². The second-order valence-corrected chi connectivity index (χ2v) is 8.52. The highest BCUT2D eigenvalue weighted by molar-refractivity contribution is 8.18. The molecule has 1 aliphatic heterocycles. The molecule has 3 aromatic rings. The summed E-state index contributed by atoms with van der Waals surface area (Å²) < 4.78 is 1.41. The summed E-state index contributed by atoms with van der Waals surface area (Å²) in [5, 5.41) is 17.7. The lowest BCUT2D eigenvalue weighted by Crippen LogP contribution is -2.37. The van der Waals surface area contributed by atoms with Crippen LogP contribution in [0.1, 0.15) is 15.9 Å². The maximum atomic E-state index is 12.6. The third-order valence-corrected chi connectivity index (χ3v) is 5.99. The van der Waals surface area contributed by atoms with E-state index < -0.39 is 22.0 Å². The first kappa shape index (κ1) is 23.2. The largest absolute Gasteiger partial charge is 0.350 e. The Morgan fingerprint density at radius 1 is 1.15 bits per heavy atom. The lowest BCUT2D eigenvalue weighted by atomic mass is 10.2. The van der Waals surface area contributed by atoms with Gasteiger partial charge in [-0.15, -0.1) is 0 Å². The Morgan fingerprint density at radius 2 is 1.85 bits per heavy atom. The van der Waals surface area contributed by atoms with Crippen LogP contribution in [0.3, 0.4) is 0 Å². The molecule has 34 heavy (non-hydrogen) atoms. The first-order valence-electron chi connectivity index (χ1n) is 9.90. The van der Waals surface area contributed by atoms with Crippen LogP contribution in [-0.2, 0) is 4.79 Å². The fraction of sp³-hybridized carbons (Fsp3) is 0.0909. The highest BCUT2D eigenvalue weighted by Crippen LogP contribution is 2.32. The van der Waals surface area contributed by atoms with Crippen molar-refractivity contribution < 1.29 is 19.3 Å². The van der Waals surface area contributed by atoms with E-state index in [-0.39, 0.29) is 24.3 Å². The zero-order valence-electron chi connectivity index (χ0n) is 17.4. The van der Waals surface area contributed by atoms with Gasteiger partial charge >= 0.3 is 0 Å². The summed E-state index contributed by atoms with van der Waals surface area (Å²) in [6.07, 6.45) is 4.45. The number of imide groups is 1. The van der Waals surface area contributed by atoms with Crippen LogP contribution in [0.5, 0.6) is 0 Å². The maximum absolute atomic E-state index is 12.6. The van der Waals surface area contributed by atoms with Crippen LogP contribution in [0, 0.1) is 10.1 Å². The van der Waals surface area contributed by atoms with Gasteiger partial charge in [-0.2, -0.15) is 5.10 Å². The second-order valence-electron chi connectivity index (χ2n) is 7.09. The number of thioether (sulfide) groups is 1. The maximum Gasteiger partial charge on any atom is 0.293 e. The van der Waals surface area contributed by atoms with Gasteiger partial charge in [0, 0.05) is 36.4 Å². The molecule has 4 rings (SSSR count). The molecule has 3 amide bonds.